The fraction of sp³-hybridized carbons (Fsp3) is 0.278. The minimum atomic E-state index is -0.468. The molecule has 4 aromatic rings. The molecule has 5 rings (SSSR count). The van der Waals surface area contributed by atoms with E-state index in [1.165, 1.54) is 51.5 Å². The fourth-order valence-electron chi connectivity index (χ4n) is 5.79. The van der Waals surface area contributed by atoms with Gasteiger partial charge in [-0.3, -0.25) is 0 Å². The van der Waals surface area contributed by atoms with Gasteiger partial charge in [0.1, 0.15) is 0 Å². The summed E-state index contributed by atoms with van der Waals surface area (Å²) in [6.45, 7) is 6.32. The third-order valence-electron chi connectivity index (χ3n) is 7.98. The molecule has 1 fully saturated rings. The van der Waals surface area contributed by atoms with Crippen molar-refractivity contribution in [3.8, 4) is 0 Å². The van der Waals surface area contributed by atoms with Crippen molar-refractivity contribution in [3.05, 3.63) is 101 Å². The van der Waals surface area contributed by atoms with Crippen LogP contribution < -0.4 is 4.90 Å². The molecule has 0 amide bonds. The second-order valence-corrected chi connectivity index (χ2v) is 11.6. The Bertz CT molecular complexity index is 1720. The third-order valence-corrected chi connectivity index (χ3v) is 8.23. The largest absolute Gasteiger partial charge is 0.331 e. The molecule has 0 spiro atoms. The van der Waals surface area contributed by atoms with Crippen molar-refractivity contribution in [2.75, 3.05) is 4.90 Å². The molecule has 8 heteroatoms. The number of halogens is 1. The minimum Gasteiger partial charge on any atom is -0.318 e. The van der Waals surface area contributed by atoms with Gasteiger partial charge in [0.15, 0.2) is 0 Å². The van der Waals surface area contributed by atoms with Crippen LogP contribution in [-0.2, 0) is 19.3 Å². The van der Waals surface area contributed by atoms with Crippen LogP contribution in [0.15, 0.2) is 89.2 Å². The lowest BCUT2D eigenvalue weighted by atomic mass is 9.83. The molecule has 0 N–H and O–H groups in total. The minimum absolute atomic E-state index is 0.460. The molecule has 0 aromatic heterocycles. The Morgan fingerprint density at radius 3 is 1.91 bits per heavy atom. The number of nitrogens with zero attached hydrogens (tertiary/aromatic N) is 3. The van der Waals surface area contributed by atoms with Gasteiger partial charge in [0, 0.05) is 41.2 Å². The summed E-state index contributed by atoms with van der Waals surface area (Å²) < 4.78 is 0. The standard InChI is InChI=1S/C36H36ClN3O4/c1-23(38-43-25(3)41)27-10-15-31(16-11-27)40(32-17-13-30(37)14-18-32)36-21-20-33(24(2)39-44-26(4)42)35-22-29(12-19-34(35)36)28-8-6-5-7-9-28/h10-22,28H,5-9H2,1-4H3/b38-23-,39-24-. The molecule has 0 unspecified atom stereocenters. The van der Waals surface area contributed by atoms with Gasteiger partial charge in [0.05, 0.1) is 17.1 Å². The topological polar surface area (TPSA) is 80.6 Å². The normalized spacial score (nSPS) is 14.4. The quantitative estimate of drug-likeness (QED) is 0.113. The van der Waals surface area contributed by atoms with Crippen molar-refractivity contribution < 1.29 is 19.3 Å². The average Bonchev–Trinajstić information content (AvgIpc) is 3.04. The number of rotatable bonds is 8. The summed E-state index contributed by atoms with van der Waals surface area (Å²) in [5.41, 5.74) is 7.11. The van der Waals surface area contributed by atoms with E-state index in [1.54, 1.807) is 6.92 Å². The van der Waals surface area contributed by atoms with E-state index in [1.807, 2.05) is 61.5 Å². The van der Waals surface area contributed by atoms with Crippen LogP contribution in [0.1, 0.15) is 82.4 Å². The summed E-state index contributed by atoms with van der Waals surface area (Å²) in [7, 11) is 0. The summed E-state index contributed by atoms with van der Waals surface area (Å²) in [6.07, 6.45) is 6.15. The number of benzene rings is 4. The number of carbonyl (C=O) groups is 2. The summed E-state index contributed by atoms with van der Waals surface area (Å²) in [4.78, 5) is 34.8. The summed E-state index contributed by atoms with van der Waals surface area (Å²) in [5, 5.41) is 10.8. The number of hydrogen-bond donors (Lipinski definition) is 0. The van der Waals surface area contributed by atoms with E-state index in [4.69, 9.17) is 21.3 Å². The van der Waals surface area contributed by atoms with Gasteiger partial charge in [-0.05, 0) is 91.6 Å². The van der Waals surface area contributed by atoms with Crippen LogP contribution >= 0.6 is 11.6 Å². The number of anilines is 3. The lowest BCUT2D eigenvalue weighted by Crippen LogP contribution is -2.12. The van der Waals surface area contributed by atoms with Crippen LogP contribution in [0.2, 0.25) is 5.02 Å². The number of hydrogen-bond acceptors (Lipinski definition) is 7. The number of carbonyl (C=O) groups excluding carboxylic acids is 2. The van der Waals surface area contributed by atoms with Crippen molar-refractivity contribution in [2.24, 2.45) is 10.3 Å². The molecule has 1 saturated carbocycles. The smallest absolute Gasteiger partial charge is 0.318 e. The molecule has 226 valence electrons. The summed E-state index contributed by atoms with van der Waals surface area (Å²) >= 11 is 6.29. The van der Waals surface area contributed by atoms with E-state index in [0.717, 1.165) is 39.0 Å². The zero-order chi connectivity index (χ0) is 31.2. The molecule has 44 heavy (non-hydrogen) atoms. The molecule has 0 bridgehead atoms. The Morgan fingerprint density at radius 1 is 0.705 bits per heavy atom. The lowest BCUT2D eigenvalue weighted by molar-refractivity contribution is -0.141. The van der Waals surface area contributed by atoms with Crippen LogP contribution in [-0.4, -0.2) is 23.4 Å². The van der Waals surface area contributed by atoms with Crippen LogP contribution in [0.3, 0.4) is 0 Å². The van der Waals surface area contributed by atoms with E-state index >= 15 is 0 Å². The van der Waals surface area contributed by atoms with Gasteiger partial charge >= 0.3 is 11.9 Å². The molecule has 0 heterocycles. The molecule has 0 saturated heterocycles. The van der Waals surface area contributed by atoms with Gasteiger partial charge in [-0.15, -0.1) is 0 Å². The zero-order valence-corrected chi connectivity index (χ0v) is 26.2. The van der Waals surface area contributed by atoms with E-state index in [-0.39, 0.29) is 0 Å². The molecule has 7 nitrogen and oxygen atoms in total. The van der Waals surface area contributed by atoms with Gasteiger partial charge in [-0.1, -0.05) is 77.6 Å². The fourth-order valence-corrected chi connectivity index (χ4v) is 5.91. The molecular weight excluding hydrogens is 574 g/mol. The molecule has 0 radical (unpaired) electrons. The first-order valence-corrected chi connectivity index (χ1v) is 15.3. The average molecular weight is 610 g/mol. The maximum absolute atomic E-state index is 11.5. The van der Waals surface area contributed by atoms with Crippen LogP contribution in [0.5, 0.6) is 0 Å². The Morgan fingerprint density at radius 2 is 1.30 bits per heavy atom. The molecule has 4 aromatic carbocycles. The van der Waals surface area contributed by atoms with Crippen molar-refractivity contribution in [3.63, 3.8) is 0 Å². The Hall–Kier alpha value is -4.49. The molecule has 0 aliphatic heterocycles. The molecule has 1 aliphatic rings. The first-order valence-electron chi connectivity index (χ1n) is 14.9. The predicted molar refractivity (Wildman–Crippen MR) is 177 cm³/mol. The van der Waals surface area contributed by atoms with Gasteiger partial charge in [0.2, 0.25) is 0 Å². The van der Waals surface area contributed by atoms with Gasteiger partial charge in [-0.25, -0.2) is 9.59 Å². The second kappa shape index (κ2) is 13.9. The first-order chi connectivity index (χ1) is 21.2. The van der Waals surface area contributed by atoms with Crippen LogP contribution in [0, 0.1) is 0 Å². The highest BCUT2D eigenvalue weighted by Crippen LogP contribution is 2.42. The van der Waals surface area contributed by atoms with Gasteiger partial charge < -0.3 is 14.6 Å². The van der Waals surface area contributed by atoms with E-state index < -0.39 is 11.9 Å². The van der Waals surface area contributed by atoms with Crippen molar-refractivity contribution in [2.45, 2.75) is 65.7 Å². The number of fused-ring (bicyclic) bond motifs is 1. The number of oxime groups is 2. The van der Waals surface area contributed by atoms with Crippen LogP contribution in [0.25, 0.3) is 10.8 Å². The highest BCUT2D eigenvalue weighted by atomic mass is 35.5. The maximum Gasteiger partial charge on any atom is 0.331 e. The van der Waals surface area contributed by atoms with Crippen molar-refractivity contribution >= 4 is 62.8 Å². The van der Waals surface area contributed by atoms with E-state index in [2.05, 4.69) is 39.5 Å². The predicted octanol–water partition coefficient (Wildman–Crippen LogP) is 9.58. The Kier molecular flexibility index (Phi) is 9.75. The lowest BCUT2D eigenvalue weighted by Gasteiger charge is -2.28. The molecule has 0 atom stereocenters. The highest BCUT2D eigenvalue weighted by molar-refractivity contribution is 6.30. The maximum atomic E-state index is 11.5. The van der Waals surface area contributed by atoms with Crippen LogP contribution in [0.4, 0.5) is 17.1 Å². The van der Waals surface area contributed by atoms with E-state index in [0.29, 0.717) is 22.4 Å². The van der Waals surface area contributed by atoms with Crippen molar-refractivity contribution in [1.29, 1.82) is 0 Å². The third kappa shape index (κ3) is 7.17. The van der Waals surface area contributed by atoms with Crippen molar-refractivity contribution in [1.82, 2.24) is 0 Å². The van der Waals surface area contributed by atoms with E-state index in [9.17, 15) is 9.59 Å². The molecule has 1 aliphatic carbocycles. The summed E-state index contributed by atoms with van der Waals surface area (Å²) in [5.74, 6) is -0.407. The SMILES string of the molecule is CC(=O)O/N=C(/C)c1ccc(N(c2ccc(Cl)cc2)c2ccc(/C(C)=N\OC(C)=O)c3cc(C4CCCCC4)ccc23)cc1. The molecular formula is C36H36ClN3O4. The zero-order valence-electron chi connectivity index (χ0n) is 25.5. The van der Waals surface area contributed by atoms with Gasteiger partial charge in [-0.2, -0.15) is 0 Å². The first kappa shape index (κ1) is 31.0. The Labute approximate surface area is 263 Å². The monoisotopic (exact) mass is 609 g/mol. The second-order valence-electron chi connectivity index (χ2n) is 11.2. The summed E-state index contributed by atoms with van der Waals surface area (Å²) in [6, 6.07) is 26.5. The Balaban J connectivity index is 1.67. The van der Waals surface area contributed by atoms with Gasteiger partial charge in [0.25, 0.3) is 0 Å². The highest BCUT2D eigenvalue weighted by Gasteiger charge is 2.21.